The number of nitrogen functional groups attached to an aromatic ring is 1. The Morgan fingerprint density at radius 3 is 2.46 bits per heavy atom. The number of hydrogen-bond donors (Lipinski definition) is 2. The van der Waals surface area contributed by atoms with Gasteiger partial charge in [-0.15, -0.1) is 0 Å². The number of aryl methyl sites for hydroxylation is 1. The van der Waals surface area contributed by atoms with Crippen molar-refractivity contribution in [3.8, 4) is 0 Å². The molecule has 0 saturated heterocycles. The number of nitrogens with one attached hydrogen (secondary N) is 1. The highest BCUT2D eigenvalue weighted by atomic mass is 16.5. The SMILES string of the molecule is Cc1ccccc1Nc1nc(N)nc(COC(=O)c2ccc(C(C)C)cc2)n1. The lowest BCUT2D eigenvalue weighted by atomic mass is 10.0. The molecule has 0 fully saturated rings. The van der Waals surface area contributed by atoms with E-state index in [1.54, 1.807) is 12.1 Å². The van der Waals surface area contributed by atoms with Crippen LogP contribution in [0, 0.1) is 6.92 Å². The zero-order valence-corrected chi connectivity index (χ0v) is 16.1. The number of nitrogens with two attached hydrogens (primary N) is 1. The van der Waals surface area contributed by atoms with Gasteiger partial charge in [0.05, 0.1) is 5.56 Å². The summed E-state index contributed by atoms with van der Waals surface area (Å²) in [5.41, 5.74) is 9.31. The van der Waals surface area contributed by atoms with E-state index in [2.05, 4.69) is 34.1 Å². The number of carbonyl (C=O) groups is 1. The van der Waals surface area contributed by atoms with E-state index in [0.717, 1.165) is 16.8 Å². The number of esters is 1. The Morgan fingerprint density at radius 2 is 1.79 bits per heavy atom. The largest absolute Gasteiger partial charge is 0.454 e. The number of aromatic nitrogens is 3. The number of nitrogens with zero attached hydrogens (tertiary/aromatic N) is 3. The maximum absolute atomic E-state index is 12.3. The molecule has 3 N–H and O–H groups in total. The second-order valence-electron chi connectivity index (χ2n) is 6.73. The molecule has 0 bridgehead atoms. The second kappa shape index (κ2) is 8.47. The molecule has 0 saturated carbocycles. The molecule has 0 radical (unpaired) electrons. The lowest BCUT2D eigenvalue weighted by Gasteiger charge is -2.10. The number of hydrogen-bond acceptors (Lipinski definition) is 7. The molecule has 0 amide bonds. The van der Waals surface area contributed by atoms with Gasteiger partial charge in [0.1, 0.15) is 0 Å². The number of para-hydroxylation sites is 1. The molecule has 0 aliphatic carbocycles. The number of benzene rings is 2. The van der Waals surface area contributed by atoms with E-state index in [0.29, 0.717) is 17.4 Å². The maximum atomic E-state index is 12.3. The number of rotatable bonds is 6. The molecule has 7 nitrogen and oxygen atoms in total. The molecule has 0 spiro atoms. The third-order valence-corrected chi connectivity index (χ3v) is 4.24. The van der Waals surface area contributed by atoms with Crippen molar-refractivity contribution in [2.75, 3.05) is 11.1 Å². The molecule has 3 aromatic rings. The van der Waals surface area contributed by atoms with E-state index < -0.39 is 5.97 Å². The molecule has 1 aromatic heterocycles. The zero-order valence-electron chi connectivity index (χ0n) is 16.1. The van der Waals surface area contributed by atoms with E-state index in [-0.39, 0.29) is 18.4 Å². The highest BCUT2D eigenvalue weighted by molar-refractivity contribution is 5.89. The van der Waals surface area contributed by atoms with Gasteiger partial charge in [-0.2, -0.15) is 15.0 Å². The van der Waals surface area contributed by atoms with Crippen molar-refractivity contribution in [2.24, 2.45) is 0 Å². The Balaban J connectivity index is 1.68. The summed E-state index contributed by atoms with van der Waals surface area (Å²) >= 11 is 0. The normalized spacial score (nSPS) is 10.7. The van der Waals surface area contributed by atoms with Crippen molar-refractivity contribution in [2.45, 2.75) is 33.3 Å². The lowest BCUT2D eigenvalue weighted by Crippen LogP contribution is -2.11. The average Bonchev–Trinajstić information content (AvgIpc) is 2.67. The van der Waals surface area contributed by atoms with Crippen LogP contribution in [0.2, 0.25) is 0 Å². The average molecular weight is 377 g/mol. The summed E-state index contributed by atoms with van der Waals surface area (Å²) in [6.07, 6.45) is 0. The quantitative estimate of drug-likeness (QED) is 0.626. The van der Waals surface area contributed by atoms with Crippen LogP contribution in [0.15, 0.2) is 48.5 Å². The van der Waals surface area contributed by atoms with Gasteiger partial charge in [-0.1, -0.05) is 44.2 Å². The van der Waals surface area contributed by atoms with Crippen LogP contribution in [0.5, 0.6) is 0 Å². The van der Waals surface area contributed by atoms with Crippen molar-refractivity contribution in [1.29, 1.82) is 0 Å². The molecule has 0 aliphatic heterocycles. The first kappa shape index (κ1) is 19.3. The van der Waals surface area contributed by atoms with Crippen molar-refractivity contribution >= 4 is 23.6 Å². The van der Waals surface area contributed by atoms with Crippen molar-refractivity contribution in [3.63, 3.8) is 0 Å². The molecule has 0 atom stereocenters. The third-order valence-electron chi connectivity index (χ3n) is 4.24. The fraction of sp³-hybridized carbons (Fsp3) is 0.238. The molecule has 144 valence electrons. The molecular formula is C21H23N5O2. The summed E-state index contributed by atoms with van der Waals surface area (Å²) in [5, 5.41) is 3.11. The van der Waals surface area contributed by atoms with Gasteiger partial charge in [0.25, 0.3) is 0 Å². The van der Waals surface area contributed by atoms with Crippen LogP contribution < -0.4 is 11.1 Å². The van der Waals surface area contributed by atoms with Crippen LogP contribution >= 0.6 is 0 Å². The van der Waals surface area contributed by atoms with Crippen LogP contribution in [0.3, 0.4) is 0 Å². The smallest absolute Gasteiger partial charge is 0.338 e. The molecule has 0 aliphatic rings. The van der Waals surface area contributed by atoms with E-state index in [1.165, 1.54) is 0 Å². The van der Waals surface area contributed by atoms with Crippen LogP contribution in [0.25, 0.3) is 0 Å². The Bertz CT molecular complexity index is 971. The maximum Gasteiger partial charge on any atom is 0.338 e. The second-order valence-corrected chi connectivity index (χ2v) is 6.73. The highest BCUT2D eigenvalue weighted by Crippen LogP contribution is 2.18. The molecule has 7 heteroatoms. The first-order valence-corrected chi connectivity index (χ1v) is 9.02. The lowest BCUT2D eigenvalue weighted by molar-refractivity contribution is 0.0462. The van der Waals surface area contributed by atoms with Crippen LogP contribution in [0.1, 0.15) is 47.1 Å². The van der Waals surface area contributed by atoms with E-state index in [4.69, 9.17) is 10.5 Å². The third kappa shape index (κ3) is 4.82. The fourth-order valence-corrected chi connectivity index (χ4v) is 2.61. The highest BCUT2D eigenvalue weighted by Gasteiger charge is 2.11. The minimum Gasteiger partial charge on any atom is -0.454 e. The van der Waals surface area contributed by atoms with E-state index in [1.807, 2.05) is 43.3 Å². The molecule has 2 aromatic carbocycles. The van der Waals surface area contributed by atoms with Gasteiger partial charge < -0.3 is 15.8 Å². The Labute approximate surface area is 164 Å². The van der Waals surface area contributed by atoms with Gasteiger partial charge in [-0.05, 0) is 42.2 Å². The van der Waals surface area contributed by atoms with E-state index >= 15 is 0 Å². The Kier molecular flexibility index (Phi) is 5.84. The molecule has 1 heterocycles. The number of ether oxygens (including phenoxy) is 1. The molecular weight excluding hydrogens is 354 g/mol. The summed E-state index contributed by atoms with van der Waals surface area (Å²) in [6.45, 7) is 6.07. The standard InChI is InChI=1S/C21H23N5O2/c1-13(2)15-8-10-16(11-9-15)19(27)28-12-18-24-20(22)26-21(25-18)23-17-7-5-4-6-14(17)3/h4-11,13H,12H2,1-3H3,(H3,22,23,24,25,26). The van der Waals surface area contributed by atoms with Gasteiger partial charge in [-0.3, -0.25) is 0 Å². The molecule has 28 heavy (non-hydrogen) atoms. The minimum atomic E-state index is -0.442. The van der Waals surface area contributed by atoms with Gasteiger partial charge in [0, 0.05) is 5.69 Å². The topological polar surface area (TPSA) is 103 Å². The van der Waals surface area contributed by atoms with E-state index in [9.17, 15) is 4.79 Å². The van der Waals surface area contributed by atoms with Gasteiger partial charge in [0.2, 0.25) is 11.9 Å². The predicted molar refractivity (Wildman–Crippen MR) is 108 cm³/mol. The Hall–Kier alpha value is -3.48. The monoisotopic (exact) mass is 377 g/mol. The number of carbonyl (C=O) groups excluding carboxylic acids is 1. The number of anilines is 3. The summed E-state index contributed by atoms with van der Waals surface area (Å²) in [5.74, 6) is 0.587. The zero-order chi connectivity index (χ0) is 20.1. The van der Waals surface area contributed by atoms with Crippen LogP contribution in [-0.2, 0) is 11.3 Å². The van der Waals surface area contributed by atoms with Crippen LogP contribution in [0.4, 0.5) is 17.6 Å². The van der Waals surface area contributed by atoms with Gasteiger partial charge >= 0.3 is 5.97 Å². The van der Waals surface area contributed by atoms with Crippen molar-refractivity contribution < 1.29 is 9.53 Å². The minimum absolute atomic E-state index is 0.0541. The summed E-state index contributed by atoms with van der Waals surface area (Å²) < 4.78 is 5.32. The van der Waals surface area contributed by atoms with Gasteiger partial charge in [-0.25, -0.2) is 4.79 Å². The van der Waals surface area contributed by atoms with Crippen molar-refractivity contribution in [3.05, 3.63) is 71.0 Å². The molecule has 0 unspecified atom stereocenters. The first-order valence-electron chi connectivity index (χ1n) is 9.02. The summed E-state index contributed by atoms with van der Waals surface area (Å²) in [6, 6.07) is 15.1. The Morgan fingerprint density at radius 1 is 1.07 bits per heavy atom. The van der Waals surface area contributed by atoms with Gasteiger partial charge in [0.15, 0.2) is 12.4 Å². The summed E-state index contributed by atoms with van der Waals surface area (Å²) in [4.78, 5) is 24.7. The summed E-state index contributed by atoms with van der Waals surface area (Å²) in [7, 11) is 0. The fourth-order valence-electron chi connectivity index (χ4n) is 2.61. The predicted octanol–water partition coefficient (Wildman–Crippen LogP) is 3.99. The first-order chi connectivity index (χ1) is 13.4. The molecule has 3 rings (SSSR count). The van der Waals surface area contributed by atoms with Crippen LogP contribution in [-0.4, -0.2) is 20.9 Å². The van der Waals surface area contributed by atoms with Crippen molar-refractivity contribution in [1.82, 2.24) is 15.0 Å².